The molecular weight excluding hydrogens is 513 g/mol. The number of anilines is 3. The summed E-state index contributed by atoms with van der Waals surface area (Å²) < 4.78 is 22.8. The number of halogens is 1. The molecule has 1 fully saturated rings. The molecule has 212 valence electrons. The molecule has 1 saturated heterocycles. The lowest BCUT2D eigenvalue weighted by Gasteiger charge is -2.22. The maximum absolute atomic E-state index is 12.8. The van der Waals surface area contributed by atoms with Gasteiger partial charge in [-0.1, -0.05) is 20.8 Å². The molecule has 4 aromatic rings. The van der Waals surface area contributed by atoms with Gasteiger partial charge in [-0.05, 0) is 24.9 Å². The molecule has 1 aliphatic heterocycles. The van der Waals surface area contributed by atoms with Gasteiger partial charge < -0.3 is 24.8 Å². The van der Waals surface area contributed by atoms with Crippen LogP contribution >= 0.6 is 0 Å². The number of carbonyl (C=O) groups excluding carboxylic acids is 1. The van der Waals surface area contributed by atoms with Gasteiger partial charge in [-0.3, -0.25) is 9.48 Å². The highest BCUT2D eigenvalue weighted by Gasteiger charge is 2.27. The van der Waals surface area contributed by atoms with Gasteiger partial charge in [0.05, 0.1) is 11.7 Å². The van der Waals surface area contributed by atoms with Crippen molar-refractivity contribution in [3.05, 3.63) is 42.4 Å². The van der Waals surface area contributed by atoms with Gasteiger partial charge in [0.1, 0.15) is 24.0 Å². The van der Waals surface area contributed by atoms with Gasteiger partial charge in [-0.25, -0.2) is 14.4 Å². The monoisotopic (exact) mass is 549 g/mol. The van der Waals surface area contributed by atoms with Gasteiger partial charge in [0.25, 0.3) is 0 Å². The fourth-order valence-corrected chi connectivity index (χ4v) is 5.04. The number of amides is 1. The molecule has 11 nitrogen and oxygen atoms in total. The van der Waals surface area contributed by atoms with Crippen LogP contribution in [0.15, 0.2) is 36.7 Å². The molecule has 2 N–H and O–H groups in total. The molecule has 0 radical (unpaired) electrons. The normalized spacial score (nSPS) is 16.0. The van der Waals surface area contributed by atoms with Crippen molar-refractivity contribution in [1.29, 1.82) is 0 Å². The van der Waals surface area contributed by atoms with E-state index in [0.717, 1.165) is 37.3 Å². The number of aryl methyl sites for hydroxylation is 1. The van der Waals surface area contributed by atoms with E-state index in [-0.39, 0.29) is 18.0 Å². The Hall–Kier alpha value is -4.06. The van der Waals surface area contributed by atoms with Crippen LogP contribution in [0, 0.1) is 5.92 Å². The van der Waals surface area contributed by atoms with E-state index in [1.54, 1.807) is 24.5 Å². The van der Waals surface area contributed by atoms with Gasteiger partial charge in [0.15, 0.2) is 11.5 Å². The standard InChI is InChI=1S/C28H36FN9O2/c1-18(39)32-24-13-20(6-9-30-24)40-21-12-22-26(31-15-21)34-27(36(22)5)33-25-14-23(28(2,3)4)38(35-25)17-19-7-10-37(16-19)11-8-29/h6,9,12-15,19H,7-8,10-11,16-17H2,1-5H3,(H,30,32,39)(H,31,33,34,35)/t19-/m1/s1. The Labute approximate surface area is 232 Å². The molecule has 5 rings (SSSR count). The number of nitrogens with one attached hydrogen (secondary N) is 2. The molecule has 12 heteroatoms. The fraction of sp³-hybridized carbons (Fsp3) is 0.464. The molecule has 0 aliphatic carbocycles. The summed E-state index contributed by atoms with van der Waals surface area (Å²) >= 11 is 0. The van der Waals surface area contributed by atoms with E-state index >= 15 is 0 Å². The number of pyridine rings is 2. The molecule has 40 heavy (non-hydrogen) atoms. The Bertz CT molecular complexity index is 1510. The maximum Gasteiger partial charge on any atom is 0.222 e. The minimum absolute atomic E-state index is 0.100. The zero-order valence-electron chi connectivity index (χ0n) is 23.6. The van der Waals surface area contributed by atoms with Gasteiger partial charge in [-0.15, -0.1) is 0 Å². The molecule has 0 aromatic carbocycles. The number of hydrogen-bond acceptors (Lipinski definition) is 8. The van der Waals surface area contributed by atoms with Crippen LogP contribution in [0.25, 0.3) is 11.2 Å². The molecule has 1 aliphatic rings. The van der Waals surface area contributed by atoms with Crippen LogP contribution in [-0.2, 0) is 23.8 Å². The zero-order valence-corrected chi connectivity index (χ0v) is 23.6. The molecule has 4 aromatic heterocycles. The van der Waals surface area contributed by atoms with Crippen molar-refractivity contribution in [2.75, 3.05) is 36.9 Å². The van der Waals surface area contributed by atoms with Crippen LogP contribution in [-0.4, -0.2) is 66.4 Å². The average Bonchev–Trinajstić information content (AvgIpc) is 3.58. The summed E-state index contributed by atoms with van der Waals surface area (Å²) in [5, 5.41) is 10.9. The first-order chi connectivity index (χ1) is 19.1. The number of imidazole rings is 1. The van der Waals surface area contributed by atoms with E-state index in [4.69, 9.17) is 9.84 Å². The lowest BCUT2D eigenvalue weighted by molar-refractivity contribution is -0.114. The van der Waals surface area contributed by atoms with E-state index in [9.17, 15) is 9.18 Å². The van der Waals surface area contributed by atoms with Crippen LogP contribution in [0.1, 0.15) is 39.8 Å². The number of hydrogen-bond donors (Lipinski definition) is 2. The van der Waals surface area contributed by atoms with Crippen molar-refractivity contribution < 1.29 is 13.9 Å². The summed E-state index contributed by atoms with van der Waals surface area (Å²) in [6.07, 6.45) is 4.22. The first-order valence-electron chi connectivity index (χ1n) is 13.5. The predicted octanol–water partition coefficient (Wildman–Crippen LogP) is 4.64. The highest BCUT2D eigenvalue weighted by atomic mass is 19.1. The number of ether oxygens (including phenoxy) is 1. The number of likely N-dealkylation sites (tertiary alicyclic amines) is 1. The summed E-state index contributed by atoms with van der Waals surface area (Å²) in [4.78, 5) is 26.8. The smallest absolute Gasteiger partial charge is 0.222 e. The van der Waals surface area contributed by atoms with E-state index in [0.29, 0.717) is 47.2 Å². The summed E-state index contributed by atoms with van der Waals surface area (Å²) in [5.41, 5.74) is 2.38. The van der Waals surface area contributed by atoms with Crippen molar-refractivity contribution in [3.63, 3.8) is 0 Å². The Morgan fingerprint density at radius 2 is 2.00 bits per heavy atom. The lowest BCUT2D eigenvalue weighted by Crippen LogP contribution is -2.26. The Morgan fingerprint density at radius 1 is 1.18 bits per heavy atom. The third-order valence-electron chi connectivity index (χ3n) is 6.97. The number of fused-ring (bicyclic) bond motifs is 1. The molecule has 5 heterocycles. The van der Waals surface area contributed by atoms with Crippen molar-refractivity contribution in [2.24, 2.45) is 13.0 Å². The molecule has 0 saturated carbocycles. The molecule has 1 amide bonds. The first-order valence-corrected chi connectivity index (χ1v) is 13.5. The van der Waals surface area contributed by atoms with Crippen LogP contribution in [0.4, 0.5) is 22.0 Å². The zero-order chi connectivity index (χ0) is 28.4. The highest BCUT2D eigenvalue weighted by molar-refractivity contribution is 5.87. The molecule has 1 atom stereocenters. The van der Waals surface area contributed by atoms with Gasteiger partial charge >= 0.3 is 0 Å². The van der Waals surface area contributed by atoms with Crippen LogP contribution in [0.2, 0.25) is 0 Å². The topological polar surface area (TPSA) is 115 Å². The maximum atomic E-state index is 12.8. The van der Waals surface area contributed by atoms with E-state index < -0.39 is 0 Å². The molecule has 0 unspecified atom stereocenters. The van der Waals surface area contributed by atoms with Crippen molar-refractivity contribution in [1.82, 2.24) is 34.2 Å². The SMILES string of the molecule is CC(=O)Nc1cc(Oc2cnc3nc(Nc4cc(C(C)(C)C)n(C[C@@H]5CCN(CCF)C5)n4)n(C)c3c2)ccn1. The quantitative estimate of drug-likeness (QED) is 0.310. The molecule has 0 bridgehead atoms. The van der Waals surface area contributed by atoms with E-state index in [1.807, 2.05) is 17.7 Å². The van der Waals surface area contributed by atoms with Crippen LogP contribution in [0.3, 0.4) is 0 Å². The third-order valence-corrected chi connectivity index (χ3v) is 6.97. The van der Waals surface area contributed by atoms with Gasteiger partial charge in [0.2, 0.25) is 11.9 Å². The second-order valence-corrected chi connectivity index (χ2v) is 11.3. The van der Waals surface area contributed by atoms with Crippen molar-refractivity contribution >= 4 is 34.7 Å². The van der Waals surface area contributed by atoms with Crippen molar-refractivity contribution in [3.8, 4) is 11.5 Å². The molecule has 0 spiro atoms. The number of carbonyl (C=O) groups is 1. The first kappa shape index (κ1) is 27.5. The second kappa shape index (κ2) is 11.2. The Balaban J connectivity index is 1.35. The number of aromatic nitrogens is 6. The molecular formula is C28H36FN9O2. The summed E-state index contributed by atoms with van der Waals surface area (Å²) in [6, 6.07) is 7.29. The van der Waals surface area contributed by atoms with Crippen LogP contribution in [0.5, 0.6) is 11.5 Å². The van der Waals surface area contributed by atoms with Crippen LogP contribution < -0.4 is 15.4 Å². The average molecular weight is 550 g/mol. The minimum atomic E-state index is -0.306. The summed E-state index contributed by atoms with van der Waals surface area (Å²) in [5.74, 6) is 3.01. The van der Waals surface area contributed by atoms with Crippen molar-refractivity contribution in [2.45, 2.75) is 46.1 Å². The highest BCUT2D eigenvalue weighted by Crippen LogP contribution is 2.30. The van der Waals surface area contributed by atoms with Gasteiger partial charge in [0, 0.05) is 69.1 Å². The largest absolute Gasteiger partial charge is 0.455 e. The number of alkyl halides is 1. The number of rotatable bonds is 9. The Kier molecular flexibility index (Phi) is 7.70. The predicted molar refractivity (Wildman–Crippen MR) is 152 cm³/mol. The Morgan fingerprint density at radius 3 is 2.75 bits per heavy atom. The number of nitrogens with zero attached hydrogens (tertiary/aromatic N) is 7. The lowest BCUT2D eigenvalue weighted by atomic mass is 9.92. The van der Waals surface area contributed by atoms with E-state index in [2.05, 4.69) is 62.0 Å². The second-order valence-electron chi connectivity index (χ2n) is 11.3. The van der Waals surface area contributed by atoms with Gasteiger partial charge in [-0.2, -0.15) is 10.1 Å². The van der Waals surface area contributed by atoms with E-state index in [1.165, 1.54) is 6.92 Å². The third kappa shape index (κ3) is 6.22. The minimum Gasteiger partial charge on any atom is -0.455 e. The summed E-state index contributed by atoms with van der Waals surface area (Å²) in [6.45, 7) is 10.8. The fourth-order valence-electron chi connectivity index (χ4n) is 5.04. The summed E-state index contributed by atoms with van der Waals surface area (Å²) in [7, 11) is 1.91.